The highest BCUT2D eigenvalue weighted by atomic mass is 32.2. The maximum absolute atomic E-state index is 4.71. The molecule has 3 heterocycles. The summed E-state index contributed by atoms with van der Waals surface area (Å²) in [6, 6.07) is 0. The van der Waals surface area contributed by atoms with Crippen molar-refractivity contribution in [2.45, 2.75) is 19.3 Å². The summed E-state index contributed by atoms with van der Waals surface area (Å²) < 4.78 is 0. The van der Waals surface area contributed by atoms with E-state index in [0.717, 1.165) is 43.8 Å². The lowest BCUT2D eigenvalue weighted by atomic mass is 10.4. The molecule has 1 aromatic heterocycles. The van der Waals surface area contributed by atoms with E-state index in [1.807, 2.05) is 18.8 Å². The van der Waals surface area contributed by atoms with Gasteiger partial charge in [-0.2, -0.15) is 26.7 Å². The van der Waals surface area contributed by atoms with Crippen molar-refractivity contribution in [2.24, 2.45) is 0 Å². The molecule has 0 unspecified atom stereocenters. The second kappa shape index (κ2) is 6.47. The molecule has 2 fully saturated rings. The van der Waals surface area contributed by atoms with E-state index in [1.165, 1.54) is 25.0 Å². The van der Waals surface area contributed by atoms with Crippen LogP contribution in [-0.2, 0) is 0 Å². The van der Waals surface area contributed by atoms with Gasteiger partial charge in [-0.05, 0) is 25.0 Å². The normalized spacial score (nSPS) is 20.1. The number of anilines is 3. The summed E-state index contributed by atoms with van der Waals surface area (Å²) in [6.45, 7) is 4.18. The third-order valence-electron chi connectivity index (χ3n) is 3.73. The van der Waals surface area contributed by atoms with Crippen LogP contribution in [0.4, 0.5) is 17.8 Å². The van der Waals surface area contributed by atoms with Gasteiger partial charge in [0, 0.05) is 39.0 Å². The minimum Gasteiger partial charge on any atom is -0.357 e. The Labute approximate surface area is 124 Å². The first kappa shape index (κ1) is 13.7. The Balaban J connectivity index is 1.86. The predicted octanol–water partition coefficient (Wildman–Crippen LogP) is 1.46. The highest BCUT2D eigenvalue weighted by Crippen LogP contribution is 2.21. The Morgan fingerprint density at radius 2 is 1.50 bits per heavy atom. The van der Waals surface area contributed by atoms with Gasteiger partial charge in [-0.3, -0.25) is 0 Å². The van der Waals surface area contributed by atoms with Crippen molar-refractivity contribution in [3.05, 3.63) is 0 Å². The monoisotopic (exact) mass is 294 g/mol. The Morgan fingerprint density at radius 1 is 0.850 bits per heavy atom. The van der Waals surface area contributed by atoms with E-state index >= 15 is 0 Å². The van der Waals surface area contributed by atoms with Crippen LogP contribution < -0.4 is 15.1 Å². The third kappa shape index (κ3) is 3.08. The molecule has 0 aliphatic carbocycles. The van der Waals surface area contributed by atoms with Gasteiger partial charge in [0.25, 0.3) is 0 Å². The number of hydrogen-bond donors (Lipinski definition) is 1. The van der Waals surface area contributed by atoms with E-state index in [4.69, 9.17) is 4.98 Å². The third-order valence-corrected chi connectivity index (χ3v) is 4.78. The molecule has 1 aromatic rings. The van der Waals surface area contributed by atoms with Crippen molar-refractivity contribution in [2.75, 3.05) is 59.8 Å². The number of aromatic nitrogens is 3. The van der Waals surface area contributed by atoms with Crippen molar-refractivity contribution in [3.8, 4) is 0 Å². The molecule has 0 saturated carbocycles. The number of hydrogen-bond acceptors (Lipinski definition) is 7. The first-order valence-electron chi connectivity index (χ1n) is 7.38. The zero-order valence-electron chi connectivity index (χ0n) is 12.0. The van der Waals surface area contributed by atoms with Crippen LogP contribution >= 0.6 is 11.8 Å². The molecule has 0 radical (unpaired) electrons. The standard InChI is InChI=1S/C13H22N6S/c1-14-11-15-12(18-5-2-3-6-18)17-13(16-11)19-7-4-9-20-10-8-19/h2-10H2,1H3,(H,14,15,16,17). The molecule has 0 spiro atoms. The number of thioether (sulfide) groups is 1. The average Bonchev–Trinajstić information content (AvgIpc) is 2.89. The number of rotatable bonds is 3. The van der Waals surface area contributed by atoms with Crippen LogP contribution in [0.15, 0.2) is 0 Å². The second-order valence-corrected chi connectivity index (χ2v) is 6.38. The molecule has 2 aliphatic heterocycles. The summed E-state index contributed by atoms with van der Waals surface area (Å²) in [7, 11) is 1.87. The Kier molecular flexibility index (Phi) is 4.44. The van der Waals surface area contributed by atoms with Gasteiger partial charge in [-0.25, -0.2) is 0 Å². The van der Waals surface area contributed by atoms with Crippen LogP contribution in [0.2, 0.25) is 0 Å². The van der Waals surface area contributed by atoms with Gasteiger partial charge >= 0.3 is 0 Å². The Hall–Kier alpha value is -1.24. The molecular weight excluding hydrogens is 272 g/mol. The summed E-state index contributed by atoms with van der Waals surface area (Å²) in [4.78, 5) is 18.3. The largest absolute Gasteiger partial charge is 0.357 e. The fourth-order valence-electron chi connectivity index (χ4n) is 2.61. The number of nitrogens with one attached hydrogen (secondary N) is 1. The molecular formula is C13H22N6S. The SMILES string of the molecule is CNc1nc(N2CCCC2)nc(N2CCCSCC2)n1. The van der Waals surface area contributed by atoms with E-state index in [2.05, 4.69) is 25.1 Å². The van der Waals surface area contributed by atoms with Gasteiger partial charge in [0.15, 0.2) is 0 Å². The van der Waals surface area contributed by atoms with E-state index in [1.54, 1.807) is 0 Å². The van der Waals surface area contributed by atoms with Crippen LogP contribution in [0, 0.1) is 0 Å². The Bertz CT molecular complexity index is 440. The number of nitrogens with zero attached hydrogens (tertiary/aromatic N) is 5. The molecule has 0 aromatic carbocycles. The highest BCUT2D eigenvalue weighted by Gasteiger charge is 2.20. The molecule has 0 amide bonds. The summed E-state index contributed by atoms with van der Waals surface area (Å²) in [5.41, 5.74) is 0. The van der Waals surface area contributed by atoms with Crippen molar-refractivity contribution in [3.63, 3.8) is 0 Å². The van der Waals surface area contributed by atoms with Gasteiger partial charge in [-0.15, -0.1) is 0 Å². The average molecular weight is 294 g/mol. The van der Waals surface area contributed by atoms with Crippen molar-refractivity contribution < 1.29 is 0 Å². The molecule has 110 valence electrons. The molecule has 0 bridgehead atoms. The second-order valence-electron chi connectivity index (χ2n) is 5.16. The maximum Gasteiger partial charge on any atom is 0.231 e. The van der Waals surface area contributed by atoms with E-state index in [-0.39, 0.29) is 0 Å². The van der Waals surface area contributed by atoms with Gasteiger partial charge in [0.2, 0.25) is 17.8 Å². The lowest BCUT2D eigenvalue weighted by molar-refractivity contribution is 0.769. The highest BCUT2D eigenvalue weighted by molar-refractivity contribution is 7.99. The predicted molar refractivity (Wildman–Crippen MR) is 85.0 cm³/mol. The fraction of sp³-hybridized carbons (Fsp3) is 0.769. The van der Waals surface area contributed by atoms with Gasteiger partial charge in [-0.1, -0.05) is 0 Å². The van der Waals surface area contributed by atoms with E-state index in [9.17, 15) is 0 Å². The van der Waals surface area contributed by atoms with E-state index < -0.39 is 0 Å². The first-order chi connectivity index (χ1) is 9.86. The quantitative estimate of drug-likeness (QED) is 0.905. The topological polar surface area (TPSA) is 57.2 Å². The zero-order valence-corrected chi connectivity index (χ0v) is 12.8. The van der Waals surface area contributed by atoms with Crippen molar-refractivity contribution in [1.82, 2.24) is 15.0 Å². The van der Waals surface area contributed by atoms with Gasteiger partial charge < -0.3 is 15.1 Å². The van der Waals surface area contributed by atoms with Crippen molar-refractivity contribution in [1.29, 1.82) is 0 Å². The maximum atomic E-state index is 4.71. The summed E-state index contributed by atoms with van der Waals surface area (Å²) >= 11 is 2.01. The van der Waals surface area contributed by atoms with Gasteiger partial charge in [0.05, 0.1) is 0 Å². The minimum absolute atomic E-state index is 0.675. The van der Waals surface area contributed by atoms with Crippen LogP contribution in [0.25, 0.3) is 0 Å². The van der Waals surface area contributed by atoms with E-state index in [0.29, 0.717) is 5.95 Å². The first-order valence-corrected chi connectivity index (χ1v) is 8.54. The molecule has 7 heteroatoms. The molecule has 3 rings (SSSR count). The summed E-state index contributed by atoms with van der Waals surface area (Å²) in [5, 5.41) is 3.07. The molecule has 2 saturated heterocycles. The lowest BCUT2D eigenvalue weighted by Crippen LogP contribution is -2.29. The lowest BCUT2D eigenvalue weighted by Gasteiger charge is -2.22. The smallest absolute Gasteiger partial charge is 0.231 e. The molecule has 6 nitrogen and oxygen atoms in total. The minimum atomic E-state index is 0.675. The van der Waals surface area contributed by atoms with Crippen molar-refractivity contribution >= 4 is 29.6 Å². The summed E-state index contributed by atoms with van der Waals surface area (Å²) in [6.07, 6.45) is 3.66. The van der Waals surface area contributed by atoms with Crippen LogP contribution in [-0.4, -0.2) is 59.7 Å². The van der Waals surface area contributed by atoms with Crippen LogP contribution in [0.1, 0.15) is 19.3 Å². The van der Waals surface area contributed by atoms with Crippen LogP contribution in [0.5, 0.6) is 0 Å². The molecule has 0 atom stereocenters. The zero-order chi connectivity index (χ0) is 13.8. The molecule has 1 N–H and O–H groups in total. The summed E-state index contributed by atoms with van der Waals surface area (Å²) in [5.74, 6) is 4.72. The fourth-order valence-corrected chi connectivity index (χ4v) is 3.50. The Morgan fingerprint density at radius 3 is 2.20 bits per heavy atom. The van der Waals surface area contributed by atoms with Crippen LogP contribution in [0.3, 0.4) is 0 Å². The molecule has 2 aliphatic rings. The molecule has 20 heavy (non-hydrogen) atoms. The van der Waals surface area contributed by atoms with Gasteiger partial charge in [0.1, 0.15) is 0 Å².